The van der Waals surface area contributed by atoms with Gasteiger partial charge in [-0.2, -0.15) is 4.99 Å². The second-order valence-corrected chi connectivity index (χ2v) is 6.31. The number of hydrogen-bond donors (Lipinski definition) is 1. The van der Waals surface area contributed by atoms with Gasteiger partial charge in [-0.1, -0.05) is 47.2 Å². The van der Waals surface area contributed by atoms with Crippen molar-refractivity contribution in [1.29, 1.82) is 0 Å². The number of carbonyl (C=O) groups is 1. The summed E-state index contributed by atoms with van der Waals surface area (Å²) in [5.74, 6) is -0.262. The highest BCUT2D eigenvalue weighted by molar-refractivity contribution is 8.15. The van der Waals surface area contributed by atoms with Crippen LogP contribution in [0.4, 0.5) is 10.4 Å². The number of rotatable bonds is 3. The van der Waals surface area contributed by atoms with Crippen LogP contribution in [0.3, 0.4) is 0 Å². The molecule has 25 heavy (non-hydrogen) atoms. The Bertz CT molecular complexity index is 941. The monoisotopic (exact) mass is 354 g/mol. The lowest BCUT2D eigenvalue weighted by Gasteiger charge is -2.03. The van der Waals surface area contributed by atoms with Crippen molar-refractivity contribution in [1.82, 2.24) is 15.5 Å². The minimum absolute atomic E-state index is 0.0239. The Morgan fingerprint density at radius 2 is 1.84 bits per heavy atom. The zero-order chi connectivity index (χ0) is 17.2. The van der Waals surface area contributed by atoms with Crippen molar-refractivity contribution in [3.63, 3.8) is 0 Å². The van der Waals surface area contributed by atoms with Gasteiger partial charge in [-0.3, -0.25) is 4.79 Å². The van der Waals surface area contributed by atoms with Gasteiger partial charge < -0.3 is 9.73 Å². The molecule has 1 unspecified atom stereocenters. The molecule has 1 atom stereocenters. The molecule has 1 aliphatic rings. The summed E-state index contributed by atoms with van der Waals surface area (Å²) in [6.45, 7) is 0. The van der Waals surface area contributed by atoms with Crippen LogP contribution >= 0.6 is 11.8 Å². The predicted octanol–water partition coefficient (Wildman–Crippen LogP) is 3.47. The maximum atomic E-state index is 13.0. The topological polar surface area (TPSA) is 80.4 Å². The van der Waals surface area contributed by atoms with Gasteiger partial charge >= 0.3 is 6.01 Å². The molecule has 6 nitrogen and oxygen atoms in total. The van der Waals surface area contributed by atoms with Crippen LogP contribution in [0.25, 0.3) is 11.5 Å². The van der Waals surface area contributed by atoms with Crippen LogP contribution in [0.1, 0.15) is 10.8 Å². The summed E-state index contributed by atoms with van der Waals surface area (Å²) in [4.78, 5) is 16.3. The molecule has 124 valence electrons. The standard InChI is InChI=1S/C17H11FN4O2S/c18-12-8-6-11(7-9-12)15-21-22-16(24-15)20-17-19-14(23)13(25-17)10-4-2-1-3-5-10/h1-9,13H,(H,19,20,22,23). The van der Waals surface area contributed by atoms with Crippen molar-refractivity contribution in [3.05, 3.63) is 66.0 Å². The maximum absolute atomic E-state index is 13.0. The third-order valence-corrected chi connectivity index (χ3v) is 4.64. The lowest BCUT2D eigenvalue weighted by atomic mass is 10.1. The summed E-state index contributed by atoms with van der Waals surface area (Å²) < 4.78 is 18.4. The summed E-state index contributed by atoms with van der Waals surface area (Å²) in [7, 11) is 0. The number of benzene rings is 2. The summed E-state index contributed by atoms with van der Waals surface area (Å²) >= 11 is 1.29. The number of amides is 1. The molecule has 0 aliphatic carbocycles. The number of aromatic nitrogens is 2. The fourth-order valence-corrected chi connectivity index (χ4v) is 3.30. The van der Waals surface area contributed by atoms with Crippen molar-refractivity contribution in [2.24, 2.45) is 4.99 Å². The number of thioether (sulfide) groups is 1. The Morgan fingerprint density at radius 3 is 2.60 bits per heavy atom. The SMILES string of the molecule is O=C1NC(=Nc2nnc(-c3ccc(F)cc3)o2)SC1c1ccccc1. The van der Waals surface area contributed by atoms with E-state index in [-0.39, 0.29) is 28.9 Å². The number of aliphatic imine (C=N–C) groups is 1. The summed E-state index contributed by atoms with van der Waals surface area (Å²) in [5.41, 5.74) is 1.48. The molecular formula is C17H11FN4O2S. The van der Waals surface area contributed by atoms with Crippen LogP contribution in [-0.4, -0.2) is 21.3 Å². The number of carbonyl (C=O) groups excluding carboxylic acids is 1. The normalized spacial score (nSPS) is 18.5. The van der Waals surface area contributed by atoms with Gasteiger partial charge in [0, 0.05) is 5.56 Å². The molecule has 2 aromatic carbocycles. The fourth-order valence-electron chi connectivity index (χ4n) is 2.32. The third kappa shape index (κ3) is 3.29. The lowest BCUT2D eigenvalue weighted by Crippen LogP contribution is -2.21. The second-order valence-electron chi connectivity index (χ2n) is 5.21. The van der Waals surface area contributed by atoms with Gasteiger partial charge in [0.2, 0.25) is 11.8 Å². The first-order chi connectivity index (χ1) is 12.2. The first kappa shape index (κ1) is 15.5. The van der Waals surface area contributed by atoms with Gasteiger partial charge in [0.15, 0.2) is 5.17 Å². The third-order valence-electron chi connectivity index (χ3n) is 3.50. The first-order valence-electron chi connectivity index (χ1n) is 7.40. The van der Waals surface area contributed by atoms with E-state index in [1.165, 1.54) is 36.0 Å². The van der Waals surface area contributed by atoms with Crippen LogP contribution in [0, 0.1) is 5.82 Å². The van der Waals surface area contributed by atoms with Crippen molar-refractivity contribution in [2.75, 3.05) is 0 Å². The van der Waals surface area contributed by atoms with E-state index in [0.717, 1.165) is 5.56 Å². The van der Waals surface area contributed by atoms with Crippen molar-refractivity contribution in [2.45, 2.75) is 5.25 Å². The van der Waals surface area contributed by atoms with Gasteiger partial charge in [-0.15, -0.1) is 5.10 Å². The number of hydrogen-bond acceptors (Lipinski definition) is 6. The second kappa shape index (κ2) is 6.48. The molecule has 8 heteroatoms. The molecule has 0 bridgehead atoms. The Labute approximate surface area is 146 Å². The number of halogens is 1. The predicted molar refractivity (Wildman–Crippen MR) is 91.7 cm³/mol. The first-order valence-corrected chi connectivity index (χ1v) is 8.27. The van der Waals surface area contributed by atoms with E-state index in [9.17, 15) is 9.18 Å². The quantitative estimate of drug-likeness (QED) is 0.779. The van der Waals surface area contributed by atoms with Crippen LogP contribution in [0.5, 0.6) is 0 Å². The lowest BCUT2D eigenvalue weighted by molar-refractivity contribution is -0.118. The molecule has 1 fully saturated rings. The van der Waals surface area contributed by atoms with Gasteiger partial charge in [0.25, 0.3) is 0 Å². The molecule has 1 aromatic heterocycles. The number of nitrogens with one attached hydrogen (secondary N) is 1. The van der Waals surface area contributed by atoms with Crippen LogP contribution < -0.4 is 5.32 Å². The minimum atomic E-state index is -0.362. The Balaban J connectivity index is 1.54. The minimum Gasteiger partial charge on any atom is -0.402 e. The van der Waals surface area contributed by atoms with Crippen molar-refractivity contribution in [3.8, 4) is 11.5 Å². The molecule has 1 aliphatic heterocycles. The highest BCUT2D eigenvalue weighted by Crippen LogP contribution is 2.35. The number of amidine groups is 1. The highest BCUT2D eigenvalue weighted by atomic mass is 32.2. The molecule has 0 radical (unpaired) electrons. The Morgan fingerprint density at radius 1 is 1.08 bits per heavy atom. The Kier molecular flexibility index (Phi) is 4.02. The van der Waals surface area contributed by atoms with E-state index >= 15 is 0 Å². The largest absolute Gasteiger partial charge is 0.402 e. The number of nitrogens with zero attached hydrogens (tertiary/aromatic N) is 3. The molecule has 4 rings (SSSR count). The van der Waals surface area contributed by atoms with Gasteiger partial charge in [-0.25, -0.2) is 4.39 Å². The molecule has 0 spiro atoms. The fraction of sp³-hybridized carbons (Fsp3) is 0.0588. The van der Waals surface area contributed by atoms with E-state index in [1.807, 2.05) is 30.3 Å². The molecule has 3 aromatic rings. The van der Waals surface area contributed by atoms with E-state index in [0.29, 0.717) is 10.7 Å². The van der Waals surface area contributed by atoms with Crippen LogP contribution in [-0.2, 0) is 4.79 Å². The summed E-state index contributed by atoms with van der Waals surface area (Å²) in [5, 5.41) is 10.5. The maximum Gasteiger partial charge on any atom is 0.345 e. The highest BCUT2D eigenvalue weighted by Gasteiger charge is 2.31. The zero-order valence-electron chi connectivity index (χ0n) is 12.7. The Hall–Kier alpha value is -3.00. The molecule has 2 heterocycles. The van der Waals surface area contributed by atoms with Gasteiger partial charge in [0.05, 0.1) is 0 Å². The smallest absolute Gasteiger partial charge is 0.345 e. The molecule has 0 saturated carbocycles. The molecule has 1 amide bonds. The van der Waals surface area contributed by atoms with Crippen molar-refractivity contribution < 1.29 is 13.6 Å². The van der Waals surface area contributed by atoms with E-state index < -0.39 is 0 Å². The van der Waals surface area contributed by atoms with Crippen LogP contribution in [0.2, 0.25) is 0 Å². The average Bonchev–Trinajstić information content (AvgIpc) is 3.23. The van der Waals surface area contributed by atoms with E-state index in [2.05, 4.69) is 20.5 Å². The molecular weight excluding hydrogens is 343 g/mol. The average molecular weight is 354 g/mol. The van der Waals surface area contributed by atoms with Gasteiger partial charge in [0.1, 0.15) is 11.1 Å². The molecule has 1 saturated heterocycles. The van der Waals surface area contributed by atoms with Crippen LogP contribution in [0.15, 0.2) is 64.0 Å². The van der Waals surface area contributed by atoms with Crippen molar-refractivity contribution >= 4 is 28.9 Å². The summed E-state index contributed by atoms with van der Waals surface area (Å²) in [6, 6.07) is 15.1. The zero-order valence-corrected chi connectivity index (χ0v) is 13.5. The van der Waals surface area contributed by atoms with E-state index in [4.69, 9.17) is 4.42 Å². The molecule has 1 N–H and O–H groups in total. The van der Waals surface area contributed by atoms with Gasteiger partial charge in [-0.05, 0) is 29.8 Å². The van der Waals surface area contributed by atoms with E-state index in [1.54, 1.807) is 0 Å². The summed E-state index contributed by atoms with van der Waals surface area (Å²) in [6.07, 6.45) is 0.